The highest BCUT2D eigenvalue weighted by Crippen LogP contribution is 2.32. The molecule has 0 radical (unpaired) electrons. The first-order valence-corrected chi connectivity index (χ1v) is 8.15. The lowest BCUT2D eigenvalue weighted by atomic mass is 10.0. The number of ether oxygens (including phenoxy) is 2. The molecule has 0 amide bonds. The molecular weight excluding hydrogens is 339 g/mol. The summed E-state index contributed by atoms with van der Waals surface area (Å²) in [7, 11) is 0. The zero-order valence-electron chi connectivity index (χ0n) is 14.3. The van der Waals surface area contributed by atoms with Gasteiger partial charge in [0.1, 0.15) is 17.1 Å². The van der Waals surface area contributed by atoms with Crippen molar-refractivity contribution < 1.29 is 23.1 Å². The van der Waals surface area contributed by atoms with E-state index in [1.165, 1.54) is 19.1 Å². The third kappa shape index (κ3) is 3.59. The number of benzene rings is 2. The van der Waals surface area contributed by atoms with Crippen LogP contribution in [0.15, 0.2) is 57.7 Å². The van der Waals surface area contributed by atoms with E-state index >= 15 is 0 Å². The van der Waals surface area contributed by atoms with Crippen molar-refractivity contribution >= 4 is 16.9 Å². The highest BCUT2D eigenvalue weighted by Gasteiger charge is 2.19. The fourth-order valence-corrected chi connectivity index (χ4v) is 2.65. The van der Waals surface area contributed by atoms with Gasteiger partial charge in [-0.25, -0.2) is 14.0 Å². The van der Waals surface area contributed by atoms with Crippen molar-refractivity contribution in [3.63, 3.8) is 0 Å². The van der Waals surface area contributed by atoms with Crippen molar-refractivity contribution in [2.45, 2.75) is 20.0 Å². The first-order chi connectivity index (χ1) is 12.5. The van der Waals surface area contributed by atoms with Crippen LogP contribution in [0.3, 0.4) is 0 Å². The number of hydrogen-bond acceptors (Lipinski definition) is 5. The molecule has 0 aliphatic rings. The van der Waals surface area contributed by atoms with Crippen molar-refractivity contribution in [3.05, 3.63) is 64.8 Å². The zero-order chi connectivity index (χ0) is 18.7. The summed E-state index contributed by atoms with van der Waals surface area (Å²) in [5.74, 6) is -1.10. The smallest absolute Gasteiger partial charge is 0.347 e. The average molecular weight is 356 g/mol. The first kappa shape index (κ1) is 17.7. The van der Waals surface area contributed by atoms with Gasteiger partial charge in [0, 0.05) is 23.8 Å². The van der Waals surface area contributed by atoms with Gasteiger partial charge >= 0.3 is 11.6 Å². The fourth-order valence-electron chi connectivity index (χ4n) is 2.65. The molecule has 0 spiro atoms. The van der Waals surface area contributed by atoms with Gasteiger partial charge in [0.25, 0.3) is 0 Å². The molecule has 1 heterocycles. The second-order valence-corrected chi connectivity index (χ2v) is 5.64. The van der Waals surface area contributed by atoms with Crippen molar-refractivity contribution in [2.75, 3.05) is 6.61 Å². The number of carbonyl (C=O) groups is 1. The number of fused-ring (bicyclic) bond motifs is 1. The Labute approximate surface area is 149 Å². The summed E-state index contributed by atoms with van der Waals surface area (Å²) < 4.78 is 30.2. The fraction of sp³-hybridized carbons (Fsp3) is 0.200. The van der Waals surface area contributed by atoms with Crippen molar-refractivity contribution in [1.29, 1.82) is 0 Å². The van der Waals surface area contributed by atoms with Crippen LogP contribution in [0.4, 0.5) is 4.39 Å². The van der Waals surface area contributed by atoms with Gasteiger partial charge in [-0.05, 0) is 19.4 Å². The molecule has 0 N–H and O–H groups in total. The molecule has 0 bridgehead atoms. The van der Waals surface area contributed by atoms with E-state index in [2.05, 4.69) is 0 Å². The largest absolute Gasteiger partial charge is 0.479 e. The lowest BCUT2D eigenvalue weighted by molar-refractivity contribution is -0.150. The highest BCUT2D eigenvalue weighted by atomic mass is 19.1. The quantitative estimate of drug-likeness (QED) is 0.512. The second kappa shape index (κ2) is 7.39. The lowest BCUT2D eigenvalue weighted by Gasteiger charge is -2.14. The Morgan fingerprint density at radius 3 is 2.62 bits per heavy atom. The minimum Gasteiger partial charge on any atom is -0.479 e. The third-order valence-electron chi connectivity index (χ3n) is 3.79. The van der Waals surface area contributed by atoms with Crippen LogP contribution in [0.2, 0.25) is 0 Å². The number of esters is 1. The van der Waals surface area contributed by atoms with Crippen LogP contribution in [0.5, 0.6) is 5.75 Å². The van der Waals surface area contributed by atoms with Gasteiger partial charge in [-0.3, -0.25) is 0 Å². The molecule has 0 aliphatic carbocycles. The van der Waals surface area contributed by atoms with Gasteiger partial charge < -0.3 is 13.9 Å². The van der Waals surface area contributed by atoms with E-state index in [4.69, 9.17) is 13.9 Å². The van der Waals surface area contributed by atoms with Crippen LogP contribution in [-0.4, -0.2) is 18.7 Å². The van der Waals surface area contributed by atoms with Crippen LogP contribution in [0.25, 0.3) is 22.1 Å². The highest BCUT2D eigenvalue weighted by molar-refractivity contribution is 5.94. The van der Waals surface area contributed by atoms with E-state index in [0.29, 0.717) is 11.1 Å². The molecular formula is C20H17FO5. The van der Waals surface area contributed by atoms with E-state index in [0.717, 1.165) is 6.07 Å². The molecule has 1 atom stereocenters. The van der Waals surface area contributed by atoms with Crippen molar-refractivity contribution in [1.82, 2.24) is 0 Å². The van der Waals surface area contributed by atoms with Gasteiger partial charge in [-0.15, -0.1) is 0 Å². The van der Waals surface area contributed by atoms with Gasteiger partial charge in [0.2, 0.25) is 0 Å². The predicted molar refractivity (Wildman–Crippen MR) is 94.6 cm³/mol. The maximum Gasteiger partial charge on any atom is 0.347 e. The summed E-state index contributed by atoms with van der Waals surface area (Å²) in [5.41, 5.74) is 0.561. The Hall–Kier alpha value is -3.15. The van der Waals surface area contributed by atoms with Crippen LogP contribution in [0.1, 0.15) is 13.8 Å². The summed E-state index contributed by atoms with van der Waals surface area (Å²) in [6.45, 7) is 3.39. The minimum absolute atomic E-state index is 0.0439. The Morgan fingerprint density at radius 2 is 1.92 bits per heavy atom. The van der Waals surface area contributed by atoms with Crippen LogP contribution in [0, 0.1) is 5.82 Å². The van der Waals surface area contributed by atoms with E-state index in [-0.39, 0.29) is 23.3 Å². The maximum absolute atomic E-state index is 14.8. The van der Waals surface area contributed by atoms with Gasteiger partial charge in [-0.1, -0.05) is 30.3 Å². The first-order valence-electron chi connectivity index (χ1n) is 8.15. The number of rotatable bonds is 5. The Morgan fingerprint density at radius 1 is 1.19 bits per heavy atom. The average Bonchev–Trinajstić information content (AvgIpc) is 2.61. The molecule has 3 rings (SSSR count). The molecule has 6 heteroatoms. The monoisotopic (exact) mass is 356 g/mol. The topological polar surface area (TPSA) is 65.7 Å². The van der Waals surface area contributed by atoms with Gasteiger partial charge in [0.05, 0.1) is 12.0 Å². The Balaban J connectivity index is 2.07. The molecule has 0 aliphatic heterocycles. The maximum atomic E-state index is 14.8. The van der Waals surface area contributed by atoms with Gasteiger partial charge in [-0.2, -0.15) is 0 Å². The summed E-state index contributed by atoms with van der Waals surface area (Å²) in [4.78, 5) is 23.6. The molecule has 1 unspecified atom stereocenters. The van der Waals surface area contributed by atoms with Crippen LogP contribution < -0.4 is 10.4 Å². The predicted octanol–water partition coefficient (Wildman–Crippen LogP) is 3.93. The van der Waals surface area contributed by atoms with E-state index in [1.807, 2.05) is 6.07 Å². The van der Waals surface area contributed by atoms with Crippen LogP contribution in [-0.2, 0) is 9.53 Å². The molecule has 0 saturated heterocycles. The summed E-state index contributed by atoms with van der Waals surface area (Å²) in [5, 5.41) is 0.173. The Bertz CT molecular complexity index is 994. The number of halogens is 1. The molecule has 3 aromatic rings. The zero-order valence-corrected chi connectivity index (χ0v) is 14.3. The molecule has 1 aromatic heterocycles. The van der Waals surface area contributed by atoms with E-state index in [9.17, 15) is 14.0 Å². The molecule has 134 valence electrons. The second-order valence-electron chi connectivity index (χ2n) is 5.64. The third-order valence-corrected chi connectivity index (χ3v) is 3.79. The lowest BCUT2D eigenvalue weighted by Crippen LogP contribution is -2.26. The SMILES string of the molecule is CCOC(=O)C(C)Oc1cc(F)c2c(-c3ccccc3)cc(=O)oc2c1. The summed E-state index contributed by atoms with van der Waals surface area (Å²) in [6.07, 6.45) is -0.921. The molecule has 26 heavy (non-hydrogen) atoms. The van der Waals surface area contributed by atoms with Gasteiger partial charge in [0.15, 0.2) is 6.10 Å². The molecule has 0 fully saturated rings. The van der Waals surface area contributed by atoms with Crippen LogP contribution >= 0.6 is 0 Å². The van der Waals surface area contributed by atoms with E-state index < -0.39 is 23.5 Å². The summed E-state index contributed by atoms with van der Waals surface area (Å²) in [6, 6.07) is 12.8. The standard InChI is InChI=1S/C20H17FO5/c1-3-24-20(23)12(2)25-14-9-16(21)19-15(13-7-5-4-6-8-13)11-18(22)26-17(19)10-14/h4-12H,3H2,1-2H3. The Kier molecular flexibility index (Phi) is 5.02. The number of carbonyl (C=O) groups excluding carboxylic acids is 1. The van der Waals surface area contributed by atoms with Crippen molar-refractivity contribution in [3.8, 4) is 16.9 Å². The normalized spacial score (nSPS) is 12.0. The molecule has 2 aromatic carbocycles. The van der Waals surface area contributed by atoms with E-state index in [1.54, 1.807) is 31.2 Å². The molecule has 5 nitrogen and oxygen atoms in total. The molecule has 0 saturated carbocycles. The number of hydrogen-bond donors (Lipinski definition) is 0. The van der Waals surface area contributed by atoms with Crippen molar-refractivity contribution in [2.24, 2.45) is 0 Å². The summed E-state index contributed by atoms with van der Waals surface area (Å²) >= 11 is 0. The minimum atomic E-state index is -0.921.